The molecule has 1 saturated carbocycles. The molecule has 3 nitrogen and oxygen atoms in total. The molecule has 4 rings (SSSR count). The van der Waals surface area contributed by atoms with Crippen LogP contribution in [-0.4, -0.2) is 18.1 Å². The van der Waals surface area contributed by atoms with Crippen LogP contribution in [0.5, 0.6) is 0 Å². The van der Waals surface area contributed by atoms with Gasteiger partial charge >= 0.3 is 5.97 Å². The first-order chi connectivity index (χ1) is 12.2. The molecule has 0 N–H and O–H groups in total. The molecule has 2 aromatic carbocycles. The normalized spacial score (nSPS) is 14.3. The van der Waals surface area contributed by atoms with E-state index in [-0.39, 0.29) is 5.97 Å². The van der Waals surface area contributed by atoms with Crippen LogP contribution in [0, 0.1) is 6.92 Å². The summed E-state index contributed by atoms with van der Waals surface area (Å²) >= 11 is 0. The van der Waals surface area contributed by atoms with Crippen molar-refractivity contribution in [3.05, 3.63) is 65.2 Å². The maximum absolute atomic E-state index is 12.5. The van der Waals surface area contributed by atoms with Gasteiger partial charge in [-0.2, -0.15) is 0 Å². The molecule has 1 fully saturated rings. The van der Waals surface area contributed by atoms with E-state index in [1.165, 1.54) is 31.9 Å². The largest absolute Gasteiger partial charge is 0.465 e. The van der Waals surface area contributed by atoms with E-state index in [2.05, 4.69) is 12.1 Å². The molecule has 126 valence electrons. The van der Waals surface area contributed by atoms with Gasteiger partial charge in [0, 0.05) is 10.9 Å². The molecule has 0 amide bonds. The quantitative estimate of drug-likeness (QED) is 0.614. The molecule has 25 heavy (non-hydrogen) atoms. The predicted molar refractivity (Wildman–Crippen MR) is 99.8 cm³/mol. The van der Waals surface area contributed by atoms with E-state index in [4.69, 9.17) is 9.72 Å². The van der Waals surface area contributed by atoms with Crippen LogP contribution < -0.4 is 0 Å². The molecule has 1 aliphatic rings. The Morgan fingerprint density at radius 1 is 1.12 bits per heavy atom. The Bertz CT molecular complexity index is 943. The van der Waals surface area contributed by atoms with E-state index in [1.807, 2.05) is 43.3 Å². The Morgan fingerprint density at radius 3 is 2.52 bits per heavy atom. The second-order valence-electron chi connectivity index (χ2n) is 6.72. The Hall–Kier alpha value is -2.68. The third-order valence-electron chi connectivity index (χ3n) is 5.27. The van der Waals surface area contributed by atoms with E-state index >= 15 is 0 Å². The molecule has 3 aromatic rings. The van der Waals surface area contributed by atoms with Gasteiger partial charge < -0.3 is 4.74 Å². The molecule has 0 unspecified atom stereocenters. The lowest BCUT2D eigenvalue weighted by Crippen LogP contribution is -2.11. The minimum atomic E-state index is -0.298. The van der Waals surface area contributed by atoms with Crippen molar-refractivity contribution in [2.45, 2.75) is 32.1 Å². The number of hydrogen-bond acceptors (Lipinski definition) is 3. The second-order valence-corrected chi connectivity index (χ2v) is 6.72. The Kier molecular flexibility index (Phi) is 4.00. The van der Waals surface area contributed by atoms with E-state index in [0.29, 0.717) is 11.5 Å². The van der Waals surface area contributed by atoms with Gasteiger partial charge in [0.2, 0.25) is 0 Å². The maximum atomic E-state index is 12.5. The number of rotatable bonds is 3. The molecule has 1 heterocycles. The van der Waals surface area contributed by atoms with Crippen molar-refractivity contribution in [1.29, 1.82) is 0 Å². The fourth-order valence-electron chi connectivity index (χ4n) is 3.61. The molecule has 0 saturated heterocycles. The maximum Gasteiger partial charge on any atom is 0.338 e. The van der Waals surface area contributed by atoms with Gasteiger partial charge in [0.25, 0.3) is 0 Å². The van der Waals surface area contributed by atoms with Crippen LogP contribution >= 0.6 is 0 Å². The number of fused-ring (bicyclic) bond motifs is 1. The van der Waals surface area contributed by atoms with Crippen molar-refractivity contribution >= 4 is 16.9 Å². The van der Waals surface area contributed by atoms with Crippen LogP contribution in [0.3, 0.4) is 0 Å². The van der Waals surface area contributed by atoms with Crippen molar-refractivity contribution in [3.8, 4) is 11.3 Å². The van der Waals surface area contributed by atoms with Gasteiger partial charge in [0.1, 0.15) is 0 Å². The number of nitrogens with zero attached hydrogens (tertiary/aromatic N) is 1. The first-order valence-electron chi connectivity index (χ1n) is 8.77. The van der Waals surface area contributed by atoms with E-state index in [9.17, 15) is 4.79 Å². The second kappa shape index (κ2) is 6.32. The van der Waals surface area contributed by atoms with Crippen molar-refractivity contribution in [3.63, 3.8) is 0 Å². The standard InChI is InChI=1S/C22H21NO2/c1-14-20(22(24)25-2)18-13-17(15-9-6-10-15)11-12-19(18)23-21(14)16-7-4-3-5-8-16/h3-5,7-8,11-13,15H,6,9-10H2,1-2H3. The number of benzene rings is 2. The van der Waals surface area contributed by atoms with E-state index in [0.717, 1.165) is 27.7 Å². The summed E-state index contributed by atoms with van der Waals surface area (Å²) in [5.41, 5.74) is 5.49. The molecular formula is C22H21NO2. The number of hydrogen-bond donors (Lipinski definition) is 0. The SMILES string of the molecule is COC(=O)c1c(C)c(-c2ccccc2)nc2ccc(C3CCC3)cc12. The lowest BCUT2D eigenvalue weighted by Gasteiger charge is -2.26. The average molecular weight is 331 g/mol. The summed E-state index contributed by atoms with van der Waals surface area (Å²) in [4.78, 5) is 17.4. The zero-order valence-corrected chi connectivity index (χ0v) is 14.6. The van der Waals surface area contributed by atoms with Gasteiger partial charge in [0.05, 0.1) is 23.9 Å². The first kappa shape index (κ1) is 15.8. The molecule has 3 heteroatoms. The monoisotopic (exact) mass is 331 g/mol. The fourth-order valence-corrected chi connectivity index (χ4v) is 3.61. The predicted octanol–water partition coefficient (Wildman–Crippen LogP) is 5.26. The average Bonchev–Trinajstić information content (AvgIpc) is 2.60. The summed E-state index contributed by atoms with van der Waals surface area (Å²) in [7, 11) is 1.44. The third-order valence-corrected chi connectivity index (χ3v) is 5.27. The van der Waals surface area contributed by atoms with Crippen LogP contribution in [0.1, 0.15) is 46.7 Å². The summed E-state index contributed by atoms with van der Waals surface area (Å²) < 4.78 is 5.09. The van der Waals surface area contributed by atoms with Gasteiger partial charge in [-0.1, -0.05) is 42.8 Å². The summed E-state index contributed by atoms with van der Waals surface area (Å²) in [6.07, 6.45) is 3.75. The molecule has 1 aliphatic carbocycles. The minimum absolute atomic E-state index is 0.298. The zero-order chi connectivity index (χ0) is 17.4. The number of carbonyl (C=O) groups is 1. The molecule has 0 atom stereocenters. The van der Waals surface area contributed by atoms with E-state index < -0.39 is 0 Å². The number of carbonyl (C=O) groups excluding carboxylic acids is 1. The van der Waals surface area contributed by atoms with Crippen molar-refractivity contribution in [1.82, 2.24) is 4.98 Å². The highest BCUT2D eigenvalue weighted by Crippen LogP contribution is 2.38. The molecule has 0 radical (unpaired) electrons. The smallest absolute Gasteiger partial charge is 0.338 e. The number of esters is 1. The first-order valence-corrected chi connectivity index (χ1v) is 8.77. The highest BCUT2D eigenvalue weighted by atomic mass is 16.5. The highest BCUT2D eigenvalue weighted by Gasteiger charge is 2.23. The number of aromatic nitrogens is 1. The molecule has 0 aliphatic heterocycles. The van der Waals surface area contributed by atoms with E-state index in [1.54, 1.807) is 0 Å². The summed E-state index contributed by atoms with van der Waals surface area (Å²) in [6.45, 7) is 1.96. The summed E-state index contributed by atoms with van der Waals surface area (Å²) in [6, 6.07) is 16.3. The van der Waals surface area contributed by atoms with Crippen molar-refractivity contribution < 1.29 is 9.53 Å². The van der Waals surface area contributed by atoms with Gasteiger partial charge in [0.15, 0.2) is 0 Å². The van der Waals surface area contributed by atoms with Crippen LogP contribution in [-0.2, 0) is 4.74 Å². The van der Waals surface area contributed by atoms with Crippen molar-refractivity contribution in [2.24, 2.45) is 0 Å². The van der Waals surface area contributed by atoms with Gasteiger partial charge in [-0.25, -0.2) is 9.78 Å². The van der Waals surface area contributed by atoms with Crippen LogP contribution in [0.25, 0.3) is 22.2 Å². The molecule has 0 spiro atoms. The third kappa shape index (κ3) is 2.70. The Labute approximate surface area is 147 Å². The summed E-state index contributed by atoms with van der Waals surface area (Å²) in [5.74, 6) is 0.317. The lowest BCUT2D eigenvalue weighted by atomic mass is 9.79. The van der Waals surface area contributed by atoms with Crippen LogP contribution in [0.2, 0.25) is 0 Å². The lowest BCUT2D eigenvalue weighted by molar-refractivity contribution is 0.0602. The Morgan fingerprint density at radius 2 is 1.88 bits per heavy atom. The number of pyridine rings is 1. The fraction of sp³-hybridized carbons (Fsp3) is 0.273. The zero-order valence-electron chi connectivity index (χ0n) is 14.6. The summed E-state index contributed by atoms with van der Waals surface area (Å²) in [5, 5.41) is 0.897. The number of ether oxygens (including phenoxy) is 1. The molecular weight excluding hydrogens is 310 g/mol. The van der Waals surface area contributed by atoms with Gasteiger partial charge in [-0.15, -0.1) is 0 Å². The Balaban J connectivity index is 1.98. The van der Waals surface area contributed by atoms with Crippen LogP contribution in [0.4, 0.5) is 0 Å². The topological polar surface area (TPSA) is 39.2 Å². The minimum Gasteiger partial charge on any atom is -0.465 e. The van der Waals surface area contributed by atoms with Gasteiger partial charge in [-0.3, -0.25) is 0 Å². The molecule has 0 bridgehead atoms. The van der Waals surface area contributed by atoms with Crippen molar-refractivity contribution in [2.75, 3.05) is 7.11 Å². The highest BCUT2D eigenvalue weighted by molar-refractivity contribution is 6.06. The van der Waals surface area contributed by atoms with Crippen LogP contribution in [0.15, 0.2) is 48.5 Å². The van der Waals surface area contributed by atoms with Gasteiger partial charge in [-0.05, 0) is 48.9 Å². The molecule has 1 aromatic heterocycles. The number of methoxy groups -OCH3 is 1.